The molecule has 7 nitrogen and oxygen atoms in total. The van der Waals surface area contributed by atoms with Crippen LogP contribution in [0.5, 0.6) is 0 Å². The van der Waals surface area contributed by atoms with E-state index in [0.29, 0.717) is 30.8 Å². The van der Waals surface area contributed by atoms with Crippen molar-refractivity contribution in [1.82, 2.24) is 9.46 Å². The van der Waals surface area contributed by atoms with Gasteiger partial charge in [0.1, 0.15) is 5.69 Å². The number of benzene rings is 2. The molecule has 0 bridgehead atoms. The third kappa shape index (κ3) is 4.81. The number of sulfonamides is 1. The minimum atomic E-state index is -3.88. The zero-order valence-electron chi connectivity index (χ0n) is 17.8. The molecular formula is C24H25N3O4S. The van der Waals surface area contributed by atoms with Gasteiger partial charge < -0.3 is 9.84 Å². The number of nitrogens with zero attached hydrogens (tertiary/aromatic N) is 2. The number of carbonyl (C=O) groups excluding carboxylic acids is 1. The summed E-state index contributed by atoms with van der Waals surface area (Å²) in [6.07, 6.45) is 4.64. The number of aromatic nitrogens is 1. The standard InChI is InChI=1S/C24H25N3O4S/c1-18-23(22(31-26-18)15-14-19-9-4-2-5-10-19)32(29,30)27-16-8-11-20(17-27)24(28)25-21-12-6-3-7-13-21/h2-7,9-10,12-15,20H,8,11,16-17H2,1H3,(H,25,28)/b15-14+/t20-/m1/s1. The molecule has 2 aromatic carbocycles. The number of hydrogen-bond acceptors (Lipinski definition) is 5. The normalized spacial score (nSPS) is 17.5. The van der Waals surface area contributed by atoms with E-state index in [4.69, 9.17) is 4.52 Å². The SMILES string of the molecule is Cc1noc(/C=C/c2ccccc2)c1S(=O)(=O)N1CCC[C@@H](C(=O)Nc2ccccc2)C1. The molecule has 1 fully saturated rings. The Hall–Kier alpha value is -3.23. The molecule has 4 rings (SSSR count). The molecule has 1 aliphatic rings. The topological polar surface area (TPSA) is 92.5 Å². The summed E-state index contributed by atoms with van der Waals surface area (Å²) in [5.41, 5.74) is 1.91. The largest absolute Gasteiger partial charge is 0.355 e. The van der Waals surface area contributed by atoms with Gasteiger partial charge in [-0.1, -0.05) is 59.8 Å². The summed E-state index contributed by atoms with van der Waals surface area (Å²) in [7, 11) is -3.88. The molecule has 1 amide bonds. The molecule has 1 N–H and O–H groups in total. The van der Waals surface area contributed by atoms with E-state index in [-0.39, 0.29) is 23.1 Å². The average Bonchev–Trinajstić information content (AvgIpc) is 3.20. The van der Waals surface area contributed by atoms with E-state index in [1.165, 1.54) is 4.31 Å². The van der Waals surface area contributed by atoms with Crippen molar-refractivity contribution in [1.29, 1.82) is 0 Å². The smallest absolute Gasteiger partial charge is 0.248 e. The molecule has 32 heavy (non-hydrogen) atoms. The summed E-state index contributed by atoms with van der Waals surface area (Å²) >= 11 is 0. The monoisotopic (exact) mass is 451 g/mol. The van der Waals surface area contributed by atoms with Gasteiger partial charge in [-0.25, -0.2) is 8.42 Å². The van der Waals surface area contributed by atoms with Crippen molar-refractivity contribution in [2.24, 2.45) is 5.92 Å². The Kier molecular flexibility index (Phi) is 6.53. The van der Waals surface area contributed by atoms with Crippen LogP contribution in [0.1, 0.15) is 29.9 Å². The second kappa shape index (κ2) is 9.50. The lowest BCUT2D eigenvalue weighted by molar-refractivity contribution is -0.120. The number of rotatable bonds is 6. The van der Waals surface area contributed by atoms with Gasteiger partial charge >= 0.3 is 0 Å². The molecule has 0 saturated carbocycles. The summed E-state index contributed by atoms with van der Waals surface area (Å²) in [6.45, 7) is 2.08. The van der Waals surface area contributed by atoms with E-state index in [2.05, 4.69) is 10.5 Å². The number of nitrogens with one attached hydrogen (secondary N) is 1. The van der Waals surface area contributed by atoms with Gasteiger partial charge in [0.15, 0.2) is 10.7 Å². The summed E-state index contributed by atoms with van der Waals surface area (Å²) in [4.78, 5) is 12.8. The molecule has 166 valence electrons. The lowest BCUT2D eigenvalue weighted by Gasteiger charge is -2.31. The fourth-order valence-electron chi connectivity index (χ4n) is 3.80. The maximum atomic E-state index is 13.5. The predicted molar refractivity (Wildman–Crippen MR) is 123 cm³/mol. The fourth-order valence-corrected chi connectivity index (χ4v) is 5.58. The maximum absolute atomic E-state index is 13.5. The minimum absolute atomic E-state index is 0.0498. The van der Waals surface area contributed by atoms with Crippen molar-refractivity contribution in [2.75, 3.05) is 18.4 Å². The van der Waals surface area contributed by atoms with E-state index < -0.39 is 15.9 Å². The van der Waals surface area contributed by atoms with Crippen LogP contribution >= 0.6 is 0 Å². The van der Waals surface area contributed by atoms with Crippen LogP contribution in [0.15, 0.2) is 70.1 Å². The van der Waals surface area contributed by atoms with Crippen LogP contribution < -0.4 is 5.32 Å². The third-order valence-corrected chi connectivity index (χ3v) is 7.48. The molecular weight excluding hydrogens is 426 g/mol. The molecule has 1 saturated heterocycles. The van der Waals surface area contributed by atoms with Gasteiger partial charge in [0, 0.05) is 18.8 Å². The molecule has 0 radical (unpaired) electrons. The van der Waals surface area contributed by atoms with Crippen LogP contribution in [0, 0.1) is 12.8 Å². The number of carbonyl (C=O) groups is 1. The van der Waals surface area contributed by atoms with Crippen LogP contribution in [0.25, 0.3) is 12.2 Å². The van der Waals surface area contributed by atoms with Crippen LogP contribution in [-0.4, -0.2) is 36.9 Å². The number of anilines is 1. The van der Waals surface area contributed by atoms with E-state index in [1.807, 2.05) is 48.5 Å². The molecule has 0 aliphatic carbocycles. The predicted octanol–water partition coefficient (Wildman–Crippen LogP) is 4.19. The van der Waals surface area contributed by atoms with Gasteiger partial charge in [-0.15, -0.1) is 0 Å². The van der Waals surface area contributed by atoms with Crippen molar-refractivity contribution < 1.29 is 17.7 Å². The van der Waals surface area contributed by atoms with Crippen molar-refractivity contribution >= 4 is 33.8 Å². The Morgan fingerprint density at radius 3 is 2.50 bits per heavy atom. The lowest BCUT2D eigenvalue weighted by atomic mass is 9.99. The Balaban J connectivity index is 1.54. The van der Waals surface area contributed by atoms with Gasteiger partial charge in [0.25, 0.3) is 0 Å². The quantitative estimate of drug-likeness (QED) is 0.607. The molecule has 1 atom stereocenters. The van der Waals surface area contributed by atoms with Crippen molar-refractivity contribution in [3.05, 3.63) is 77.7 Å². The molecule has 2 heterocycles. The number of aryl methyl sites for hydroxylation is 1. The fraction of sp³-hybridized carbons (Fsp3) is 0.250. The maximum Gasteiger partial charge on any atom is 0.248 e. The van der Waals surface area contributed by atoms with E-state index >= 15 is 0 Å². The van der Waals surface area contributed by atoms with E-state index in [1.54, 1.807) is 31.2 Å². The number of para-hydroxylation sites is 1. The highest BCUT2D eigenvalue weighted by Crippen LogP contribution is 2.29. The second-order valence-electron chi connectivity index (χ2n) is 7.76. The first kappa shape index (κ1) is 22.0. The molecule has 8 heteroatoms. The Labute approximate surface area is 187 Å². The highest BCUT2D eigenvalue weighted by atomic mass is 32.2. The highest BCUT2D eigenvalue weighted by molar-refractivity contribution is 7.89. The van der Waals surface area contributed by atoms with Crippen molar-refractivity contribution in [2.45, 2.75) is 24.7 Å². The summed E-state index contributed by atoms with van der Waals surface area (Å²) in [5.74, 6) is -0.424. The minimum Gasteiger partial charge on any atom is -0.355 e. The Morgan fingerprint density at radius 1 is 1.09 bits per heavy atom. The van der Waals surface area contributed by atoms with E-state index in [0.717, 1.165) is 5.56 Å². The summed E-state index contributed by atoms with van der Waals surface area (Å²) < 4.78 is 33.7. The number of hydrogen-bond donors (Lipinski definition) is 1. The Morgan fingerprint density at radius 2 is 1.78 bits per heavy atom. The molecule has 0 spiro atoms. The molecule has 0 unspecified atom stereocenters. The second-order valence-corrected chi connectivity index (χ2v) is 9.64. The first-order valence-electron chi connectivity index (χ1n) is 10.5. The zero-order valence-corrected chi connectivity index (χ0v) is 18.6. The van der Waals surface area contributed by atoms with Gasteiger partial charge in [-0.05, 0) is 43.5 Å². The van der Waals surface area contributed by atoms with Crippen LogP contribution in [0.3, 0.4) is 0 Å². The average molecular weight is 452 g/mol. The van der Waals surface area contributed by atoms with Gasteiger partial charge in [-0.3, -0.25) is 4.79 Å². The van der Waals surface area contributed by atoms with Crippen LogP contribution in [0.4, 0.5) is 5.69 Å². The van der Waals surface area contributed by atoms with Gasteiger partial charge in [0.05, 0.1) is 5.92 Å². The van der Waals surface area contributed by atoms with Crippen molar-refractivity contribution in [3.8, 4) is 0 Å². The van der Waals surface area contributed by atoms with Gasteiger partial charge in [0.2, 0.25) is 15.9 Å². The third-order valence-electron chi connectivity index (χ3n) is 5.45. The van der Waals surface area contributed by atoms with E-state index in [9.17, 15) is 13.2 Å². The Bertz CT molecular complexity index is 1200. The van der Waals surface area contributed by atoms with Crippen LogP contribution in [0.2, 0.25) is 0 Å². The first-order valence-corrected chi connectivity index (χ1v) is 11.9. The molecule has 1 aromatic heterocycles. The molecule has 1 aliphatic heterocycles. The zero-order chi connectivity index (χ0) is 22.6. The number of amides is 1. The highest BCUT2D eigenvalue weighted by Gasteiger charge is 2.36. The van der Waals surface area contributed by atoms with Crippen molar-refractivity contribution in [3.63, 3.8) is 0 Å². The van der Waals surface area contributed by atoms with Gasteiger partial charge in [-0.2, -0.15) is 4.31 Å². The molecule has 3 aromatic rings. The lowest BCUT2D eigenvalue weighted by Crippen LogP contribution is -2.43. The first-order chi connectivity index (χ1) is 15.4. The van der Waals surface area contributed by atoms with Crippen LogP contribution in [-0.2, 0) is 14.8 Å². The summed E-state index contributed by atoms with van der Waals surface area (Å²) in [6, 6.07) is 18.7. The number of piperidine rings is 1. The summed E-state index contributed by atoms with van der Waals surface area (Å²) in [5, 5.41) is 6.77.